The predicted octanol–water partition coefficient (Wildman–Crippen LogP) is 4.07. The van der Waals surface area contributed by atoms with Gasteiger partial charge in [-0.15, -0.1) is 0 Å². The molecule has 0 spiro atoms. The predicted molar refractivity (Wildman–Crippen MR) is 184 cm³/mol. The number of ether oxygens (including phenoxy) is 10. The number of carbonyl (C=O) groups is 1. The van der Waals surface area contributed by atoms with Gasteiger partial charge < -0.3 is 52.7 Å². The van der Waals surface area contributed by atoms with Crippen molar-refractivity contribution in [1.82, 2.24) is 5.32 Å². The minimum Gasteiger partial charge on any atom is -0.449 e. The molecule has 0 aromatic heterocycles. The standard InChI is InChI=1S/C35H52BrNO11/c36-9-11-39-13-15-41-17-19-43-21-23-45-25-27-47-28-26-46-24-22-44-20-18-42-16-14-40-12-10-37-35(38)48-29-34-32-7-3-1-5-30(32)31-6-2-4-8-33(31)34/h1-8,34H,9-29H2,(H,37,38). The molecule has 0 aliphatic heterocycles. The van der Waals surface area contributed by atoms with Gasteiger partial charge in [0.15, 0.2) is 0 Å². The summed E-state index contributed by atoms with van der Waals surface area (Å²) in [4.78, 5) is 12.2. The number of hydrogen-bond donors (Lipinski definition) is 1. The number of halogens is 1. The molecular formula is C35H52BrNO11. The second-order valence-electron chi connectivity index (χ2n) is 10.5. The summed E-state index contributed by atoms with van der Waals surface area (Å²) in [6.07, 6.45) is -0.450. The molecule has 0 saturated heterocycles. The smallest absolute Gasteiger partial charge is 0.407 e. The molecule has 0 fully saturated rings. The molecule has 2 aromatic rings. The first kappa shape index (κ1) is 40.3. The average Bonchev–Trinajstić information content (AvgIpc) is 3.43. The van der Waals surface area contributed by atoms with Gasteiger partial charge in [0.1, 0.15) is 6.61 Å². The van der Waals surface area contributed by atoms with E-state index < -0.39 is 6.09 Å². The molecule has 48 heavy (non-hydrogen) atoms. The number of benzene rings is 2. The van der Waals surface area contributed by atoms with Crippen molar-refractivity contribution < 1.29 is 52.2 Å². The number of alkyl halides is 1. The Hall–Kier alpha value is -2.17. The van der Waals surface area contributed by atoms with Gasteiger partial charge in [-0.2, -0.15) is 0 Å². The second-order valence-corrected chi connectivity index (χ2v) is 11.2. The number of carbonyl (C=O) groups excluding carboxylic acids is 1. The van der Waals surface area contributed by atoms with Crippen molar-refractivity contribution >= 4 is 22.0 Å². The Morgan fingerprint density at radius 1 is 0.500 bits per heavy atom. The molecule has 2 aromatic carbocycles. The normalized spacial score (nSPS) is 12.3. The lowest BCUT2D eigenvalue weighted by atomic mass is 9.98. The molecule has 0 radical (unpaired) electrons. The Balaban J connectivity index is 0.986. The third-order valence-electron chi connectivity index (χ3n) is 7.06. The number of nitrogens with one attached hydrogen (secondary N) is 1. The summed E-state index contributed by atoms with van der Waals surface area (Å²) in [5.41, 5.74) is 4.78. The summed E-state index contributed by atoms with van der Waals surface area (Å²) in [5.74, 6) is 0.0404. The molecular weight excluding hydrogens is 690 g/mol. The highest BCUT2D eigenvalue weighted by molar-refractivity contribution is 9.09. The van der Waals surface area contributed by atoms with Crippen LogP contribution in [0.15, 0.2) is 48.5 Å². The topological polar surface area (TPSA) is 121 Å². The summed E-state index contributed by atoms with van der Waals surface area (Å²) in [6.45, 7) is 9.83. The van der Waals surface area contributed by atoms with Crippen LogP contribution < -0.4 is 5.32 Å². The van der Waals surface area contributed by atoms with E-state index in [0.717, 1.165) is 5.33 Å². The van der Waals surface area contributed by atoms with Crippen molar-refractivity contribution in [2.75, 3.05) is 137 Å². The maximum absolute atomic E-state index is 12.2. The quantitative estimate of drug-likeness (QED) is 0.0890. The molecule has 3 rings (SSSR count). The fraction of sp³-hybridized carbons (Fsp3) is 0.629. The Bertz CT molecular complexity index is 1050. The number of rotatable bonds is 31. The van der Waals surface area contributed by atoms with Crippen molar-refractivity contribution in [3.05, 3.63) is 59.7 Å². The van der Waals surface area contributed by atoms with E-state index in [9.17, 15) is 4.79 Å². The summed E-state index contributed by atoms with van der Waals surface area (Å²) in [6, 6.07) is 16.5. The van der Waals surface area contributed by atoms with Crippen LogP contribution in [0.3, 0.4) is 0 Å². The zero-order valence-corrected chi connectivity index (χ0v) is 29.5. The minimum atomic E-state index is -0.450. The van der Waals surface area contributed by atoms with Crippen LogP contribution in [-0.2, 0) is 47.4 Å². The fourth-order valence-corrected chi connectivity index (χ4v) is 5.02. The van der Waals surface area contributed by atoms with E-state index in [4.69, 9.17) is 47.4 Å². The molecule has 0 bridgehead atoms. The SMILES string of the molecule is O=C(NCCOCCOCCOCCOCCOCCOCCOCCOCCOCCBr)OCC1c2ccccc2-c2ccccc21. The molecule has 1 aliphatic rings. The van der Waals surface area contributed by atoms with Crippen LogP contribution in [-0.4, -0.2) is 143 Å². The van der Waals surface area contributed by atoms with E-state index in [2.05, 4.69) is 45.5 Å². The van der Waals surface area contributed by atoms with E-state index in [0.29, 0.717) is 125 Å². The van der Waals surface area contributed by atoms with E-state index in [-0.39, 0.29) is 12.5 Å². The largest absolute Gasteiger partial charge is 0.449 e. The second kappa shape index (κ2) is 27.6. The Morgan fingerprint density at radius 2 is 0.833 bits per heavy atom. The van der Waals surface area contributed by atoms with Crippen LogP contribution in [0.25, 0.3) is 11.1 Å². The molecule has 13 heteroatoms. The van der Waals surface area contributed by atoms with Crippen LogP contribution in [0.5, 0.6) is 0 Å². The number of alkyl carbamates (subject to hydrolysis) is 1. The molecule has 0 saturated carbocycles. The lowest BCUT2D eigenvalue weighted by molar-refractivity contribution is -0.0247. The summed E-state index contributed by atoms with van der Waals surface area (Å²) in [5, 5.41) is 3.58. The van der Waals surface area contributed by atoms with E-state index >= 15 is 0 Å². The molecule has 0 unspecified atom stereocenters. The molecule has 270 valence electrons. The third-order valence-corrected chi connectivity index (χ3v) is 7.38. The van der Waals surface area contributed by atoms with Gasteiger partial charge in [0.05, 0.1) is 119 Å². The zero-order valence-electron chi connectivity index (χ0n) is 27.9. The Kier molecular flexibility index (Phi) is 23.2. The van der Waals surface area contributed by atoms with Gasteiger partial charge in [0.25, 0.3) is 0 Å². The molecule has 1 N–H and O–H groups in total. The maximum Gasteiger partial charge on any atom is 0.407 e. The van der Waals surface area contributed by atoms with E-state index in [1.165, 1.54) is 22.3 Å². The highest BCUT2D eigenvalue weighted by Crippen LogP contribution is 2.44. The van der Waals surface area contributed by atoms with Crippen LogP contribution in [0.4, 0.5) is 4.79 Å². The van der Waals surface area contributed by atoms with Crippen LogP contribution in [0.1, 0.15) is 17.0 Å². The molecule has 1 amide bonds. The molecule has 1 aliphatic carbocycles. The first-order chi connectivity index (χ1) is 23.8. The zero-order chi connectivity index (χ0) is 33.7. The number of hydrogen-bond acceptors (Lipinski definition) is 11. The fourth-order valence-electron chi connectivity index (χ4n) is 4.79. The van der Waals surface area contributed by atoms with Crippen molar-refractivity contribution in [3.8, 4) is 11.1 Å². The highest BCUT2D eigenvalue weighted by atomic mass is 79.9. The highest BCUT2D eigenvalue weighted by Gasteiger charge is 2.28. The van der Waals surface area contributed by atoms with E-state index in [1.54, 1.807) is 0 Å². The van der Waals surface area contributed by atoms with Gasteiger partial charge in [-0.25, -0.2) is 4.79 Å². The third kappa shape index (κ3) is 17.5. The van der Waals surface area contributed by atoms with Gasteiger partial charge in [0.2, 0.25) is 0 Å². The first-order valence-corrected chi connectivity index (χ1v) is 17.8. The molecule has 0 atom stereocenters. The maximum atomic E-state index is 12.2. The summed E-state index contributed by atoms with van der Waals surface area (Å²) in [7, 11) is 0. The Morgan fingerprint density at radius 3 is 1.21 bits per heavy atom. The van der Waals surface area contributed by atoms with Gasteiger partial charge in [-0.1, -0.05) is 64.5 Å². The number of fused-ring (bicyclic) bond motifs is 3. The van der Waals surface area contributed by atoms with Crippen molar-refractivity contribution in [3.63, 3.8) is 0 Å². The van der Waals surface area contributed by atoms with E-state index in [1.807, 2.05) is 24.3 Å². The van der Waals surface area contributed by atoms with Crippen LogP contribution >= 0.6 is 15.9 Å². The number of amides is 1. The average molecular weight is 743 g/mol. The van der Waals surface area contributed by atoms with Crippen molar-refractivity contribution in [2.45, 2.75) is 5.92 Å². The minimum absolute atomic E-state index is 0.0404. The van der Waals surface area contributed by atoms with Crippen LogP contribution in [0.2, 0.25) is 0 Å². The van der Waals surface area contributed by atoms with Gasteiger partial charge in [-0.3, -0.25) is 0 Å². The van der Waals surface area contributed by atoms with Crippen molar-refractivity contribution in [1.29, 1.82) is 0 Å². The summed E-state index contributed by atoms with van der Waals surface area (Å²) < 4.78 is 54.6. The lowest BCUT2D eigenvalue weighted by Gasteiger charge is -2.14. The molecule has 12 nitrogen and oxygen atoms in total. The van der Waals surface area contributed by atoms with Gasteiger partial charge >= 0.3 is 6.09 Å². The van der Waals surface area contributed by atoms with Crippen LogP contribution in [0, 0.1) is 0 Å². The monoisotopic (exact) mass is 741 g/mol. The van der Waals surface area contributed by atoms with Crippen molar-refractivity contribution in [2.24, 2.45) is 0 Å². The first-order valence-electron chi connectivity index (χ1n) is 16.7. The van der Waals surface area contributed by atoms with Gasteiger partial charge in [-0.05, 0) is 22.3 Å². The van der Waals surface area contributed by atoms with Gasteiger partial charge in [0, 0.05) is 17.8 Å². The summed E-state index contributed by atoms with van der Waals surface area (Å²) >= 11 is 3.30. The molecule has 0 heterocycles. The lowest BCUT2D eigenvalue weighted by Crippen LogP contribution is -2.29. The Labute approximate surface area is 293 Å².